The Labute approximate surface area is 229 Å². The average molecular weight is 549 g/mol. The van der Waals surface area contributed by atoms with Gasteiger partial charge >= 0.3 is 6.18 Å². The number of aryl methyl sites for hydroxylation is 1. The second-order valence-electron chi connectivity index (χ2n) is 12.2. The van der Waals surface area contributed by atoms with Gasteiger partial charge in [0.2, 0.25) is 5.82 Å². The van der Waals surface area contributed by atoms with E-state index in [4.69, 9.17) is 4.74 Å². The Bertz CT molecular complexity index is 1150. The van der Waals surface area contributed by atoms with Crippen LogP contribution in [-0.2, 0) is 12.6 Å². The number of unbranched alkanes of at least 4 members (excludes halogenated alkanes) is 2. The zero-order valence-electron chi connectivity index (χ0n) is 23.2. The van der Waals surface area contributed by atoms with Crippen LogP contribution in [0.5, 0.6) is 5.75 Å². The summed E-state index contributed by atoms with van der Waals surface area (Å²) in [6.07, 6.45) is 10.7. The van der Waals surface area contributed by atoms with E-state index in [2.05, 4.69) is 6.92 Å². The highest BCUT2D eigenvalue weighted by Crippen LogP contribution is 2.56. The van der Waals surface area contributed by atoms with Gasteiger partial charge in [0.1, 0.15) is 0 Å². The van der Waals surface area contributed by atoms with Gasteiger partial charge in [0.15, 0.2) is 11.6 Å². The maximum absolute atomic E-state index is 15.1. The minimum Gasteiger partial charge on any atom is -0.490 e. The van der Waals surface area contributed by atoms with Gasteiger partial charge in [0.05, 0.1) is 12.2 Å². The van der Waals surface area contributed by atoms with Crippen molar-refractivity contribution in [2.45, 2.75) is 103 Å². The fourth-order valence-electron chi connectivity index (χ4n) is 7.52. The van der Waals surface area contributed by atoms with Gasteiger partial charge in [-0.3, -0.25) is 0 Å². The molecule has 2 fully saturated rings. The molecule has 214 valence electrons. The Hall–Kier alpha value is -2.11. The van der Waals surface area contributed by atoms with Gasteiger partial charge in [0, 0.05) is 11.1 Å². The molecule has 0 atom stereocenters. The normalized spacial score (nSPS) is 24.6. The molecule has 39 heavy (non-hydrogen) atoms. The number of halogens is 5. The second kappa shape index (κ2) is 11.8. The Morgan fingerprint density at radius 3 is 2.00 bits per heavy atom. The van der Waals surface area contributed by atoms with E-state index in [1.807, 2.05) is 0 Å². The lowest BCUT2D eigenvalue weighted by Gasteiger charge is -2.38. The quantitative estimate of drug-likeness (QED) is 0.191. The molecular weight excluding hydrogens is 507 g/mol. The summed E-state index contributed by atoms with van der Waals surface area (Å²) in [5.74, 6) is 0.141. The standard InChI is InChI=1S/C33H41F5O/c1-3-5-6-7-20-8-12-23(13-9-20)24-14-10-21(11-15-24)19-39-27-18-26-25-17-16-22(4-2)30(33(36,37)38)28(25)29(26)32(35)31(27)34/h16-18,20-21,23-24H,3-15,19H2,1-2H3. The second-order valence-corrected chi connectivity index (χ2v) is 12.2. The van der Waals surface area contributed by atoms with E-state index in [1.165, 1.54) is 63.5 Å². The Morgan fingerprint density at radius 1 is 0.769 bits per heavy atom. The molecule has 0 spiro atoms. The molecule has 6 heteroatoms. The van der Waals surface area contributed by atoms with Crippen LogP contribution in [0.4, 0.5) is 22.0 Å². The van der Waals surface area contributed by atoms with Crippen LogP contribution in [0.2, 0.25) is 0 Å². The fraction of sp³-hybridized carbons (Fsp3) is 0.636. The highest BCUT2D eigenvalue weighted by atomic mass is 19.4. The minimum atomic E-state index is -4.64. The zero-order chi connectivity index (χ0) is 27.7. The molecule has 3 aliphatic carbocycles. The molecule has 0 aliphatic heterocycles. The molecule has 2 saturated carbocycles. The van der Waals surface area contributed by atoms with E-state index in [1.54, 1.807) is 13.0 Å². The first-order valence-electron chi connectivity index (χ1n) is 15.1. The molecule has 0 radical (unpaired) electrons. The van der Waals surface area contributed by atoms with Crippen molar-refractivity contribution in [3.63, 3.8) is 0 Å². The van der Waals surface area contributed by atoms with E-state index < -0.39 is 23.4 Å². The maximum Gasteiger partial charge on any atom is 0.417 e. The zero-order valence-corrected chi connectivity index (χ0v) is 23.2. The van der Waals surface area contributed by atoms with Crippen molar-refractivity contribution in [1.82, 2.24) is 0 Å². The van der Waals surface area contributed by atoms with E-state index in [9.17, 15) is 17.6 Å². The topological polar surface area (TPSA) is 9.23 Å². The smallest absolute Gasteiger partial charge is 0.417 e. The lowest BCUT2D eigenvalue weighted by molar-refractivity contribution is -0.137. The van der Waals surface area contributed by atoms with Gasteiger partial charge in [-0.15, -0.1) is 0 Å². The van der Waals surface area contributed by atoms with Crippen LogP contribution in [0.3, 0.4) is 0 Å². The maximum atomic E-state index is 15.1. The van der Waals surface area contributed by atoms with Crippen LogP contribution in [0.1, 0.15) is 102 Å². The fourth-order valence-corrected chi connectivity index (χ4v) is 7.52. The minimum absolute atomic E-state index is 0.0858. The number of alkyl halides is 3. The monoisotopic (exact) mass is 548 g/mol. The Balaban J connectivity index is 1.17. The molecule has 0 saturated heterocycles. The van der Waals surface area contributed by atoms with Gasteiger partial charge in [0.25, 0.3) is 0 Å². The Kier molecular flexibility index (Phi) is 8.59. The third-order valence-electron chi connectivity index (χ3n) is 9.81. The van der Waals surface area contributed by atoms with Crippen LogP contribution < -0.4 is 4.74 Å². The molecule has 0 bridgehead atoms. The molecule has 2 aromatic carbocycles. The number of fused-ring (bicyclic) bond motifs is 4. The van der Waals surface area contributed by atoms with Crippen molar-refractivity contribution in [2.75, 3.05) is 6.61 Å². The molecule has 5 rings (SSSR count). The van der Waals surface area contributed by atoms with Gasteiger partial charge in [-0.25, -0.2) is 4.39 Å². The molecule has 2 aromatic rings. The highest BCUT2D eigenvalue weighted by Gasteiger charge is 2.43. The van der Waals surface area contributed by atoms with Gasteiger partial charge in [-0.05, 0) is 91.4 Å². The number of rotatable bonds is 9. The highest BCUT2D eigenvalue weighted by molar-refractivity contribution is 6.05. The van der Waals surface area contributed by atoms with Crippen LogP contribution >= 0.6 is 0 Å². The van der Waals surface area contributed by atoms with Crippen LogP contribution in [0, 0.1) is 35.3 Å². The average Bonchev–Trinajstić information content (AvgIpc) is 2.92. The third kappa shape index (κ3) is 5.72. The van der Waals surface area contributed by atoms with Crippen molar-refractivity contribution in [2.24, 2.45) is 23.7 Å². The Morgan fingerprint density at radius 2 is 1.41 bits per heavy atom. The summed E-state index contributed by atoms with van der Waals surface area (Å²) in [6, 6.07) is 4.39. The van der Waals surface area contributed by atoms with Crippen molar-refractivity contribution >= 4 is 0 Å². The van der Waals surface area contributed by atoms with Crippen molar-refractivity contribution in [3.05, 3.63) is 41.0 Å². The van der Waals surface area contributed by atoms with E-state index in [0.717, 1.165) is 43.4 Å². The summed E-state index contributed by atoms with van der Waals surface area (Å²) < 4.78 is 77.3. The van der Waals surface area contributed by atoms with Crippen molar-refractivity contribution in [1.29, 1.82) is 0 Å². The SMILES string of the molecule is CCCCCC1CCC(C2CCC(COc3cc4c(c(F)c3F)-c3c-4ccc(CC)c3C(F)(F)F)CC2)CC1. The van der Waals surface area contributed by atoms with Crippen LogP contribution in [-0.4, -0.2) is 6.61 Å². The molecule has 0 heterocycles. The molecule has 1 nitrogen and oxygen atoms in total. The first-order valence-corrected chi connectivity index (χ1v) is 15.1. The predicted octanol–water partition coefficient (Wildman–Crippen LogP) is 10.8. The van der Waals surface area contributed by atoms with Gasteiger partial charge in [-0.2, -0.15) is 17.6 Å². The molecule has 0 unspecified atom stereocenters. The summed E-state index contributed by atoms with van der Waals surface area (Å²) in [5.41, 5.74) is -0.683. The van der Waals surface area contributed by atoms with E-state index in [0.29, 0.717) is 17.7 Å². The van der Waals surface area contributed by atoms with Gasteiger partial charge in [-0.1, -0.05) is 64.5 Å². The largest absolute Gasteiger partial charge is 0.490 e. The van der Waals surface area contributed by atoms with Gasteiger partial charge < -0.3 is 4.74 Å². The summed E-state index contributed by atoms with van der Waals surface area (Å²) in [7, 11) is 0. The first kappa shape index (κ1) is 28.4. The molecule has 0 amide bonds. The van der Waals surface area contributed by atoms with Crippen LogP contribution in [0.15, 0.2) is 18.2 Å². The van der Waals surface area contributed by atoms with E-state index in [-0.39, 0.29) is 34.8 Å². The molecule has 0 N–H and O–H groups in total. The van der Waals surface area contributed by atoms with E-state index >= 15 is 4.39 Å². The number of hydrogen-bond acceptors (Lipinski definition) is 1. The van der Waals surface area contributed by atoms with Crippen molar-refractivity contribution < 1.29 is 26.7 Å². The molecule has 3 aliphatic rings. The lowest BCUT2D eigenvalue weighted by atomic mass is 9.69. The predicted molar refractivity (Wildman–Crippen MR) is 146 cm³/mol. The van der Waals surface area contributed by atoms with Crippen LogP contribution in [0.25, 0.3) is 22.3 Å². The summed E-state index contributed by atoms with van der Waals surface area (Å²) in [6.45, 7) is 4.19. The summed E-state index contributed by atoms with van der Waals surface area (Å²) in [4.78, 5) is 0. The summed E-state index contributed by atoms with van der Waals surface area (Å²) >= 11 is 0. The first-order chi connectivity index (χ1) is 18.7. The number of ether oxygens (including phenoxy) is 1. The lowest BCUT2D eigenvalue weighted by Crippen LogP contribution is -2.27. The third-order valence-corrected chi connectivity index (χ3v) is 9.81. The number of hydrogen-bond donors (Lipinski definition) is 0. The summed E-state index contributed by atoms with van der Waals surface area (Å²) in [5, 5.41) is 0. The number of benzene rings is 2. The molecule has 0 aromatic heterocycles. The molecular formula is C33H41F5O. The van der Waals surface area contributed by atoms with Crippen molar-refractivity contribution in [3.8, 4) is 28.0 Å².